The number of aromatic nitrogens is 4. The Hall–Kier alpha value is -11.7. The van der Waals surface area contributed by atoms with Crippen LogP contribution in [0.5, 0.6) is 0 Å². The fourth-order valence-electron chi connectivity index (χ4n) is 15.0. The van der Waals surface area contributed by atoms with Gasteiger partial charge in [-0.3, -0.25) is 0 Å². The zero-order chi connectivity index (χ0) is 60.1. The van der Waals surface area contributed by atoms with Gasteiger partial charge in [0, 0.05) is 49.2 Å². The van der Waals surface area contributed by atoms with Crippen molar-refractivity contribution in [3.05, 3.63) is 302 Å². The maximum atomic E-state index is 5.27. The Morgan fingerprint density at radius 3 is 0.791 bits per heavy atom. The van der Waals surface area contributed by atoms with Gasteiger partial charge >= 0.3 is 0 Å². The van der Waals surface area contributed by atoms with Gasteiger partial charge in [0.05, 0.1) is 44.8 Å². The lowest BCUT2D eigenvalue weighted by atomic mass is 9.80. The van der Waals surface area contributed by atoms with E-state index in [1.165, 1.54) is 109 Å². The highest BCUT2D eigenvalue weighted by atomic mass is 14.8. The van der Waals surface area contributed by atoms with Crippen molar-refractivity contribution in [1.82, 2.24) is 19.9 Å². The first-order valence-corrected chi connectivity index (χ1v) is 31.4. The summed E-state index contributed by atoms with van der Waals surface area (Å²) in [5, 5.41) is 19.6. The third-order valence-corrected chi connectivity index (χ3v) is 19.8. The second-order valence-corrected chi connectivity index (χ2v) is 25.2. The number of hydrogen-bond acceptors (Lipinski definition) is 4. The molecule has 0 saturated heterocycles. The average Bonchev–Trinajstić information content (AvgIpc) is 1.61. The molecule has 4 heterocycles. The Bertz CT molecular complexity index is 5750. The largest absolute Gasteiger partial charge is 0.245 e. The van der Waals surface area contributed by atoms with Crippen LogP contribution in [-0.4, -0.2) is 19.9 Å². The quantitative estimate of drug-likeness (QED) is 0.156. The molecule has 0 fully saturated rings. The molecule has 0 atom stereocenters. The van der Waals surface area contributed by atoms with E-state index in [1.54, 1.807) is 0 Å². The Morgan fingerprint density at radius 2 is 0.451 bits per heavy atom. The van der Waals surface area contributed by atoms with Gasteiger partial charge < -0.3 is 0 Å². The number of fused-ring (bicyclic) bond motifs is 21. The summed E-state index contributed by atoms with van der Waals surface area (Å²) < 4.78 is 0. The molecule has 0 bridgehead atoms. The molecule has 91 heavy (non-hydrogen) atoms. The van der Waals surface area contributed by atoms with E-state index in [0.29, 0.717) is 0 Å². The first-order chi connectivity index (χ1) is 44.8. The number of pyridine rings is 4. The number of hydrogen-bond donors (Lipinski definition) is 0. The second-order valence-electron chi connectivity index (χ2n) is 25.2. The van der Waals surface area contributed by atoms with Crippen molar-refractivity contribution in [3.63, 3.8) is 0 Å². The summed E-state index contributed by atoms with van der Waals surface area (Å²) in [6, 6.07) is 106. The molecule has 0 unspecified atom stereocenters. The van der Waals surface area contributed by atoms with E-state index in [4.69, 9.17) is 19.9 Å². The predicted octanol–water partition coefficient (Wildman–Crippen LogP) is 23.1. The van der Waals surface area contributed by atoms with Gasteiger partial charge in [0.15, 0.2) is 0 Å². The minimum atomic E-state index is -0.254. The second kappa shape index (κ2) is 19.6. The normalized spacial score (nSPS) is 12.8. The predicted molar refractivity (Wildman–Crippen MR) is 383 cm³/mol. The van der Waals surface area contributed by atoms with E-state index in [-0.39, 0.29) is 5.41 Å². The smallest absolute Gasteiger partial charge is 0.0972 e. The summed E-state index contributed by atoms with van der Waals surface area (Å²) in [7, 11) is 0. The number of nitrogens with zero attached hydrogens (tertiary/aromatic N) is 4. The van der Waals surface area contributed by atoms with Crippen LogP contribution in [0, 0.1) is 0 Å². The highest BCUT2D eigenvalue weighted by Crippen LogP contribution is 2.54. The minimum Gasteiger partial charge on any atom is -0.245 e. The SMILES string of the molecule is CC1(C)c2cc3c4ccc(-c5ccc(-c6ccc7ccc8ccc(-c9ccccc9)nc8c7n6)cc5)cc4c4ccccc4c3cc2-c2cc3c4ccccc4c4cc(-c5ccc(-c6ccc7ccc8ccc(-c9ccccc9)nc8c7n6)cc5)ccc4c3cc21. The minimum absolute atomic E-state index is 0.254. The molecular weight excluding hydrogens is 1100 g/mol. The number of rotatable bonds is 6. The molecule has 422 valence electrons. The van der Waals surface area contributed by atoms with Gasteiger partial charge in [-0.15, -0.1) is 0 Å². The van der Waals surface area contributed by atoms with Crippen LogP contribution in [0.1, 0.15) is 25.0 Å². The lowest BCUT2D eigenvalue weighted by molar-refractivity contribution is 0.662. The Morgan fingerprint density at radius 1 is 0.198 bits per heavy atom. The maximum absolute atomic E-state index is 5.27. The first kappa shape index (κ1) is 51.3. The molecule has 19 rings (SSSR count). The molecule has 0 aliphatic heterocycles. The summed E-state index contributed by atoms with van der Waals surface area (Å²) in [5.41, 5.74) is 21.5. The summed E-state index contributed by atoms with van der Waals surface area (Å²) >= 11 is 0. The van der Waals surface area contributed by atoms with Crippen molar-refractivity contribution in [1.29, 1.82) is 0 Å². The van der Waals surface area contributed by atoms with Gasteiger partial charge in [-0.1, -0.05) is 244 Å². The monoisotopic (exact) mass is 1150 g/mol. The molecule has 0 radical (unpaired) electrons. The van der Waals surface area contributed by atoms with Crippen molar-refractivity contribution in [2.45, 2.75) is 19.3 Å². The average molecular weight is 1160 g/mol. The molecule has 18 aromatic rings. The lowest BCUT2D eigenvalue weighted by Gasteiger charge is -2.23. The van der Waals surface area contributed by atoms with Crippen LogP contribution in [0.2, 0.25) is 0 Å². The maximum Gasteiger partial charge on any atom is 0.0972 e. The van der Waals surface area contributed by atoms with E-state index in [9.17, 15) is 0 Å². The highest BCUT2D eigenvalue weighted by Gasteiger charge is 2.37. The third kappa shape index (κ3) is 8.02. The molecule has 0 saturated carbocycles. The molecule has 0 N–H and O–H groups in total. The lowest BCUT2D eigenvalue weighted by Crippen LogP contribution is -2.15. The van der Waals surface area contributed by atoms with Gasteiger partial charge in [-0.2, -0.15) is 0 Å². The Labute approximate surface area is 525 Å². The molecule has 14 aromatic carbocycles. The van der Waals surface area contributed by atoms with Crippen LogP contribution in [-0.2, 0) is 5.41 Å². The van der Waals surface area contributed by atoms with Crippen molar-refractivity contribution in [2.75, 3.05) is 0 Å². The molecule has 0 spiro atoms. The van der Waals surface area contributed by atoms with Crippen LogP contribution in [0.3, 0.4) is 0 Å². The molecule has 4 heteroatoms. The first-order valence-electron chi connectivity index (χ1n) is 31.4. The van der Waals surface area contributed by atoms with Crippen LogP contribution < -0.4 is 0 Å². The van der Waals surface area contributed by atoms with E-state index >= 15 is 0 Å². The van der Waals surface area contributed by atoms with Gasteiger partial charge in [0.1, 0.15) is 0 Å². The van der Waals surface area contributed by atoms with Crippen LogP contribution in [0.25, 0.3) is 187 Å². The fourth-order valence-corrected chi connectivity index (χ4v) is 15.0. The summed E-state index contributed by atoms with van der Waals surface area (Å²) in [6.45, 7) is 4.85. The zero-order valence-corrected chi connectivity index (χ0v) is 50.0. The molecule has 4 nitrogen and oxygen atoms in total. The van der Waals surface area contributed by atoms with Gasteiger partial charge in [-0.25, -0.2) is 19.9 Å². The van der Waals surface area contributed by atoms with E-state index in [1.807, 2.05) is 12.1 Å². The van der Waals surface area contributed by atoms with Crippen molar-refractivity contribution in [3.8, 4) is 78.4 Å². The van der Waals surface area contributed by atoms with Crippen molar-refractivity contribution in [2.24, 2.45) is 0 Å². The number of benzene rings is 14. The van der Waals surface area contributed by atoms with Crippen LogP contribution in [0.4, 0.5) is 0 Å². The van der Waals surface area contributed by atoms with Gasteiger partial charge in [0.25, 0.3) is 0 Å². The van der Waals surface area contributed by atoms with Gasteiger partial charge in [0.2, 0.25) is 0 Å². The Kier molecular flexibility index (Phi) is 11.1. The summed E-state index contributed by atoms with van der Waals surface area (Å²) in [6.07, 6.45) is 0. The van der Waals surface area contributed by atoms with Crippen LogP contribution >= 0.6 is 0 Å². The van der Waals surface area contributed by atoms with Gasteiger partial charge in [-0.05, 0) is 170 Å². The van der Waals surface area contributed by atoms with E-state index < -0.39 is 0 Å². The zero-order valence-electron chi connectivity index (χ0n) is 50.0. The van der Waals surface area contributed by atoms with E-state index in [2.05, 4.69) is 293 Å². The molecule has 0 amide bonds. The third-order valence-electron chi connectivity index (χ3n) is 19.8. The standard InChI is InChI=1S/C87H54N4/c1-87(2)77-49-73-67-39-33-61(51-21-25-55(26-22-51)81-43-37-59-31-29-57-35-41-79(53-13-5-3-6-14-53)88-83(57)85(59)90-81)45-69(67)63-17-9-11-19-65(63)71(73)47-75(77)76-48-72-66-20-12-10-18-64(66)70-46-62(34-40-68(70)74(72)50-78(76)87)52-23-27-56(28-24-52)82-44-38-60-32-30-58-36-42-80(54-15-7-4-8-16-54)89-84(58)86(60)91-82/h3-50H,1-2H3. The topological polar surface area (TPSA) is 51.6 Å². The molecular formula is C87H54N4. The molecule has 1 aliphatic rings. The molecule has 1 aliphatic carbocycles. The van der Waals surface area contributed by atoms with Crippen LogP contribution in [0.15, 0.2) is 291 Å². The summed E-state index contributed by atoms with van der Waals surface area (Å²) in [4.78, 5) is 20.9. The van der Waals surface area contributed by atoms with Crippen molar-refractivity contribution < 1.29 is 0 Å². The Balaban J connectivity index is 0.668. The fraction of sp³-hybridized carbons (Fsp3) is 0.0345. The van der Waals surface area contributed by atoms with E-state index in [0.717, 1.165) is 88.6 Å². The summed E-state index contributed by atoms with van der Waals surface area (Å²) in [5.74, 6) is 0. The highest BCUT2D eigenvalue weighted by molar-refractivity contribution is 6.29. The van der Waals surface area contributed by atoms with Crippen molar-refractivity contribution >= 4 is 108 Å². The molecule has 4 aromatic heterocycles.